The third-order valence-corrected chi connectivity index (χ3v) is 3.72. The van der Waals surface area contributed by atoms with E-state index in [1.165, 1.54) is 0 Å². The minimum Gasteiger partial charge on any atom is -0.352 e. The molecule has 0 unspecified atom stereocenters. The molecule has 0 bridgehead atoms. The Balaban J connectivity index is 2.37. The largest absolute Gasteiger partial charge is 0.352 e. The number of hydrogen-bond acceptors (Lipinski definition) is 2. The first-order valence-electron chi connectivity index (χ1n) is 7.53. The summed E-state index contributed by atoms with van der Waals surface area (Å²) in [6.45, 7) is 6.58. The number of hydrogen-bond donors (Lipinski definition) is 1. The Morgan fingerprint density at radius 1 is 0.955 bits per heavy atom. The number of nitrogens with one attached hydrogen (secondary N) is 1. The van der Waals surface area contributed by atoms with Crippen molar-refractivity contribution in [3.63, 3.8) is 0 Å². The molecule has 0 heterocycles. The van der Waals surface area contributed by atoms with Gasteiger partial charge in [0, 0.05) is 17.7 Å². The number of ketones is 1. The first-order valence-corrected chi connectivity index (χ1v) is 7.53. The zero-order valence-electron chi connectivity index (χ0n) is 13.3. The van der Waals surface area contributed by atoms with Gasteiger partial charge in [0.25, 0.3) is 5.91 Å². The Morgan fingerprint density at radius 2 is 1.64 bits per heavy atom. The molecule has 0 saturated carbocycles. The van der Waals surface area contributed by atoms with E-state index in [0.717, 1.165) is 17.5 Å². The minimum absolute atomic E-state index is 0.120. The van der Waals surface area contributed by atoms with Crippen molar-refractivity contribution in [2.24, 2.45) is 0 Å². The lowest BCUT2D eigenvalue weighted by Crippen LogP contribution is -2.26. The Kier molecular flexibility index (Phi) is 5.10. The molecular weight excluding hydrogens is 274 g/mol. The molecule has 0 aromatic heterocycles. The zero-order chi connectivity index (χ0) is 16.1. The average molecular weight is 295 g/mol. The number of amides is 1. The molecule has 114 valence electrons. The van der Waals surface area contributed by atoms with Gasteiger partial charge in [0.05, 0.1) is 5.56 Å². The van der Waals surface area contributed by atoms with Crippen molar-refractivity contribution in [1.29, 1.82) is 0 Å². The molecule has 0 spiro atoms. The van der Waals surface area contributed by atoms with Gasteiger partial charge in [0.15, 0.2) is 5.78 Å². The lowest BCUT2D eigenvalue weighted by Gasteiger charge is -2.10. The number of rotatable bonds is 5. The molecule has 0 fully saturated rings. The van der Waals surface area contributed by atoms with Gasteiger partial charge in [0.1, 0.15) is 0 Å². The first kappa shape index (κ1) is 16.0. The molecule has 3 heteroatoms. The second kappa shape index (κ2) is 7.03. The summed E-state index contributed by atoms with van der Waals surface area (Å²) in [6, 6.07) is 12.6. The summed E-state index contributed by atoms with van der Waals surface area (Å²) >= 11 is 0. The third-order valence-electron chi connectivity index (χ3n) is 3.72. The van der Waals surface area contributed by atoms with Crippen LogP contribution < -0.4 is 5.32 Å². The van der Waals surface area contributed by atoms with Crippen molar-refractivity contribution < 1.29 is 9.59 Å². The van der Waals surface area contributed by atoms with Gasteiger partial charge >= 0.3 is 0 Å². The molecule has 22 heavy (non-hydrogen) atoms. The Hall–Kier alpha value is -2.42. The van der Waals surface area contributed by atoms with Crippen LogP contribution in [0.1, 0.15) is 50.8 Å². The zero-order valence-corrected chi connectivity index (χ0v) is 13.3. The normalized spacial score (nSPS) is 10.3. The maximum Gasteiger partial charge on any atom is 0.252 e. The molecule has 1 N–H and O–H groups in total. The summed E-state index contributed by atoms with van der Waals surface area (Å²) in [7, 11) is 0. The molecule has 2 aromatic carbocycles. The monoisotopic (exact) mass is 295 g/mol. The van der Waals surface area contributed by atoms with E-state index in [1.54, 1.807) is 24.3 Å². The van der Waals surface area contributed by atoms with Gasteiger partial charge in [0.2, 0.25) is 0 Å². The summed E-state index contributed by atoms with van der Waals surface area (Å²) in [5, 5.41) is 2.82. The lowest BCUT2D eigenvalue weighted by atomic mass is 9.95. The Bertz CT molecular complexity index is 704. The predicted octanol–water partition coefficient (Wildman–Crippen LogP) is 3.67. The van der Waals surface area contributed by atoms with Crippen LogP contribution in [0.4, 0.5) is 0 Å². The maximum atomic E-state index is 12.7. The highest BCUT2D eigenvalue weighted by Crippen LogP contribution is 2.17. The quantitative estimate of drug-likeness (QED) is 0.855. The van der Waals surface area contributed by atoms with Crippen LogP contribution in [0.15, 0.2) is 42.5 Å². The molecule has 0 atom stereocenters. The van der Waals surface area contributed by atoms with E-state index in [-0.39, 0.29) is 11.7 Å². The second-order valence-corrected chi connectivity index (χ2v) is 5.43. The van der Waals surface area contributed by atoms with Gasteiger partial charge in [-0.25, -0.2) is 0 Å². The topological polar surface area (TPSA) is 46.2 Å². The highest BCUT2D eigenvalue weighted by molar-refractivity contribution is 6.15. The summed E-state index contributed by atoms with van der Waals surface area (Å²) < 4.78 is 0. The van der Waals surface area contributed by atoms with Crippen molar-refractivity contribution in [3.05, 3.63) is 70.3 Å². The van der Waals surface area contributed by atoms with E-state index in [9.17, 15) is 9.59 Å². The fraction of sp³-hybridized carbons (Fsp3) is 0.263. The summed E-state index contributed by atoms with van der Waals surface area (Å²) in [6.07, 6.45) is 0.860. The third kappa shape index (κ3) is 3.42. The van der Waals surface area contributed by atoms with Gasteiger partial charge in [-0.15, -0.1) is 0 Å². The number of carbonyl (C=O) groups excluding carboxylic acids is 2. The average Bonchev–Trinajstić information content (AvgIpc) is 2.54. The molecular formula is C19H21NO2. The number of aryl methyl sites for hydroxylation is 2. The Labute approximate surface area is 131 Å². The molecule has 0 radical (unpaired) electrons. The van der Waals surface area contributed by atoms with Crippen molar-refractivity contribution >= 4 is 11.7 Å². The van der Waals surface area contributed by atoms with Gasteiger partial charge in [-0.05, 0) is 43.5 Å². The van der Waals surface area contributed by atoms with Crippen LogP contribution in [0.3, 0.4) is 0 Å². The van der Waals surface area contributed by atoms with E-state index >= 15 is 0 Å². The SMILES string of the molecule is CCCNC(=O)c1ccccc1C(=O)c1ccc(C)c(C)c1. The van der Waals surface area contributed by atoms with Gasteiger partial charge < -0.3 is 5.32 Å². The number of benzene rings is 2. The van der Waals surface area contributed by atoms with Gasteiger partial charge in [-0.3, -0.25) is 9.59 Å². The van der Waals surface area contributed by atoms with Gasteiger partial charge in [-0.1, -0.05) is 37.3 Å². The molecule has 2 rings (SSSR count). The predicted molar refractivity (Wildman–Crippen MR) is 88.4 cm³/mol. The number of carbonyl (C=O) groups is 2. The molecule has 1 amide bonds. The summed E-state index contributed by atoms with van der Waals surface area (Å²) in [5.41, 5.74) is 3.70. The standard InChI is InChI=1S/C19H21NO2/c1-4-11-20-19(22)17-8-6-5-7-16(17)18(21)15-10-9-13(2)14(3)12-15/h5-10,12H,4,11H2,1-3H3,(H,20,22). The van der Waals surface area contributed by atoms with Crippen LogP contribution in [0, 0.1) is 13.8 Å². The van der Waals surface area contributed by atoms with Crippen molar-refractivity contribution in [2.45, 2.75) is 27.2 Å². The highest BCUT2D eigenvalue weighted by Gasteiger charge is 2.17. The maximum absolute atomic E-state index is 12.7. The van der Waals surface area contributed by atoms with Crippen LogP contribution in [0.25, 0.3) is 0 Å². The summed E-state index contributed by atoms with van der Waals surface area (Å²) in [4.78, 5) is 24.9. The van der Waals surface area contributed by atoms with Crippen LogP contribution in [0.2, 0.25) is 0 Å². The van der Waals surface area contributed by atoms with Crippen molar-refractivity contribution in [2.75, 3.05) is 6.54 Å². The fourth-order valence-corrected chi connectivity index (χ4v) is 2.25. The van der Waals surface area contributed by atoms with Crippen molar-refractivity contribution in [3.8, 4) is 0 Å². The lowest BCUT2D eigenvalue weighted by molar-refractivity contribution is 0.0942. The van der Waals surface area contributed by atoms with E-state index in [1.807, 2.05) is 39.0 Å². The van der Waals surface area contributed by atoms with E-state index < -0.39 is 0 Å². The molecule has 2 aromatic rings. The Morgan fingerprint density at radius 3 is 2.27 bits per heavy atom. The minimum atomic E-state index is -0.199. The molecule has 0 saturated heterocycles. The van der Waals surface area contributed by atoms with E-state index in [0.29, 0.717) is 23.2 Å². The van der Waals surface area contributed by atoms with E-state index in [2.05, 4.69) is 5.32 Å². The molecule has 0 aliphatic carbocycles. The van der Waals surface area contributed by atoms with Crippen molar-refractivity contribution in [1.82, 2.24) is 5.32 Å². The smallest absolute Gasteiger partial charge is 0.252 e. The van der Waals surface area contributed by atoms with E-state index in [4.69, 9.17) is 0 Å². The van der Waals surface area contributed by atoms with Crippen LogP contribution in [0.5, 0.6) is 0 Å². The van der Waals surface area contributed by atoms with Crippen LogP contribution in [-0.2, 0) is 0 Å². The first-order chi connectivity index (χ1) is 10.5. The molecule has 3 nitrogen and oxygen atoms in total. The van der Waals surface area contributed by atoms with Crippen LogP contribution in [-0.4, -0.2) is 18.2 Å². The second-order valence-electron chi connectivity index (χ2n) is 5.43. The fourth-order valence-electron chi connectivity index (χ4n) is 2.25. The van der Waals surface area contributed by atoms with Crippen LogP contribution >= 0.6 is 0 Å². The molecule has 0 aliphatic heterocycles. The van der Waals surface area contributed by atoms with Gasteiger partial charge in [-0.2, -0.15) is 0 Å². The molecule has 0 aliphatic rings. The highest BCUT2D eigenvalue weighted by atomic mass is 16.2. The summed E-state index contributed by atoms with van der Waals surface area (Å²) in [5.74, 6) is -0.319.